The van der Waals surface area contributed by atoms with Gasteiger partial charge in [-0.25, -0.2) is 4.84 Å². The maximum Gasteiger partial charge on any atom is 0.357 e. The summed E-state index contributed by atoms with van der Waals surface area (Å²) in [7, 11) is 0. The number of hydrogen-bond donors (Lipinski definition) is 2. The molecule has 9 nitrogen and oxygen atoms in total. The standard InChI is InChI=1S/C51H80N4O5/c1-35(2)39(9)18-17-19-43(36(3)4)45-23-24-46-44-22-21-40-32-42(25-27-50(40,37(5)6)47(44)26-28-51(45,46)38(7)8)60-55(59)53-30-15-11-10-14-29-52-48(57)20-13-12-16-31-54-34-41(56)33-49(54)58/h21,39,42-47H,1,3,5,7,10-20,22-34H2,2,4,6,8-9H3,(H-,52,53,57,59)/p+1. The lowest BCUT2D eigenvalue weighted by Gasteiger charge is -2.60. The molecule has 5 rings (SSSR count). The predicted octanol–water partition coefficient (Wildman–Crippen LogP) is 10.9. The molecule has 9 heteroatoms. The summed E-state index contributed by atoms with van der Waals surface area (Å²) in [6.45, 7) is 31.6. The van der Waals surface area contributed by atoms with Gasteiger partial charge < -0.3 is 10.2 Å². The van der Waals surface area contributed by atoms with Crippen LogP contribution in [0.25, 0.3) is 0 Å². The fourth-order valence-electron chi connectivity index (χ4n) is 12.8. The van der Waals surface area contributed by atoms with Gasteiger partial charge in [-0.1, -0.05) is 92.9 Å². The topological polar surface area (TPSA) is 108 Å². The number of unbranched alkanes of at least 4 members (excludes halogenated alkanes) is 5. The molecule has 1 heterocycles. The number of hydrogen-bond acceptors (Lipinski definition) is 5. The van der Waals surface area contributed by atoms with Crippen LogP contribution in [0.1, 0.15) is 163 Å². The molecular formula is C51H81N4O5+. The molecule has 0 spiro atoms. The van der Waals surface area contributed by atoms with E-state index < -0.39 is 0 Å². The van der Waals surface area contributed by atoms with Gasteiger partial charge in [0.25, 0.3) is 0 Å². The summed E-state index contributed by atoms with van der Waals surface area (Å²) in [4.78, 5) is 55.8. The van der Waals surface area contributed by atoms with Crippen LogP contribution in [0.2, 0.25) is 0 Å². The molecule has 9 atom stereocenters. The second-order valence-corrected chi connectivity index (χ2v) is 20.0. The summed E-state index contributed by atoms with van der Waals surface area (Å²) in [5.41, 5.74) is 9.84. The molecule has 1 saturated heterocycles. The van der Waals surface area contributed by atoms with Crippen molar-refractivity contribution in [2.75, 3.05) is 26.2 Å². The Bertz CT molecular complexity index is 1650. The first-order valence-electron chi connectivity index (χ1n) is 23.9. The number of amides is 2. The zero-order valence-corrected chi connectivity index (χ0v) is 38.4. The van der Waals surface area contributed by atoms with Crippen molar-refractivity contribution in [3.05, 3.63) is 65.2 Å². The fraction of sp³-hybridized carbons (Fsp3) is 0.745. The van der Waals surface area contributed by atoms with Crippen LogP contribution in [-0.2, 0) is 19.2 Å². The van der Waals surface area contributed by atoms with Gasteiger partial charge in [-0.15, -0.1) is 5.43 Å². The molecule has 1 aliphatic heterocycles. The van der Waals surface area contributed by atoms with Crippen molar-refractivity contribution in [2.45, 2.75) is 169 Å². The van der Waals surface area contributed by atoms with Crippen LogP contribution < -0.4 is 10.7 Å². The molecule has 9 unspecified atom stereocenters. The van der Waals surface area contributed by atoms with E-state index in [0.29, 0.717) is 66.6 Å². The first-order valence-corrected chi connectivity index (χ1v) is 23.9. The van der Waals surface area contributed by atoms with E-state index in [0.717, 1.165) is 70.6 Å². The van der Waals surface area contributed by atoms with Gasteiger partial charge in [0.1, 0.15) is 4.91 Å². The summed E-state index contributed by atoms with van der Waals surface area (Å²) in [6, 6.07) is 0. The fourth-order valence-corrected chi connectivity index (χ4v) is 12.8. The maximum atomic E-state index is 12.9. The Morgan fingerprint density at radius 3 is 2.27 bits per heavy atom. The summed E-state index contributed by atoms with van der Waals surface area (Å²) >= 11 is 0. The van der Waals surface area contributed by atoms with Crippen molar-refractivity contribution in [1.82, 2.24) is 15.6 Å². The minimum atomic E-state index is -0.147. The molecule has 5 aliphatic rings. The van der Waals surface area contributed by atoms with Crippen LogP contribution in [0.5, 0.6) is 0 Å². The van der Waals surface area contributed by atoms with Crippen molar-refractivity contribution in [3.8, 4) is 0 Å². The monoisotopic (exact) mass is 830 g/mol. The highest BCUT2D eigenvalue weighted by molar-refractivity contribution is 6.05. The maximum absolute atomic E-state index is 12.9. The van der Waals surface area contributed by atoms with Gasteiger partial charge in [0.2, 0.25) is 11.8 Å². The summed E-state index contributed by atoms with van der Waals surface area (Å²) in [5, 5.41) is 3.61. The number of likely N-dealkylation sites (tertiary alicyclic amines) is 1. The van der Waals surface area contributed by atoms with E-state index in [-0.39, 0.29) is 47.5 Å². The molecule has 60 heavy (non-hydrogen) atoms. The first-order chi connectivity index (χ1) is 28.6. The lowest BCUT2D eigenvalue weighted by atomic mass is 9.44. The summed E-state index contributed by atoms with van der Waals surface area (Å²) < 4.78 is 0. The predicted molar refractivity (Wildman–Crippen MR) is 242 cm³/mol. The Labute approximate surface area is 363 Å². The van der Waals surface area contributed by atoms with Crippen molar-refractivity contribution in [1.29, 1.82) is 0 Å². The Morgan fingerprint density at radius 1 is 0.867 bits per heavy atom. The number of nitrogens with one attached hydrogen (secondary N) is 2. The van der Waals surface area contributed by atoms with Gasteiger partial charge in [0.05, 0.1) is 19.5 Å². The molecular weight excluding hydrogens is 749 g/mol. The van der Waals surface area contributed by atoms with Gasteiger partial charge in [-0.2, -0.15) is 0 Å². The van der Waals surface area contributed by atoms with Gasteiger partial charge in [-0.3, -0.25) is 14.4 Å². The van der Waals surface area contributed by atoms with E-state index in [1.54, 1.807) is 4.90 Å². The average Bonchev–Trinajstić information content (AvgIpc) is 3.75. The molecule has 4 fully saturated rings. The van der Waals surface area contributed by atoms with Crippen LogP contribution in [0.4, 0.5) is 0 Å². The molecule has 0 aromatic rings. The Kier molecular flexibility index (Phi) is 17.1. The number of hydrazine groups is 1. The van der Waals surface area contributed by atoms with E-state index in [1.165, 1.54) is 72.8 Å². The van der Waals surface area contributed by atoms with Gasteiger partial charge in [-0.05, 0) is 152 Å². The van der Waals surface area contributed by atoms with Crippen molar-refractivity contribution in [3.63, 3.8) is 0 Å². The molecule has 2 N–H and O–H groups in total. The van der Waals surface area contributed by atoms with Crippen LogP contribution in [0, 0.1) is 51.2 Å². The largest absolute Gasteiger partial charge is 0.357 e. The van der Waals surface area contributed by atoms with Crippen LogP contribution in [-0.4, -0.2) is 59.8 Å². The number of ketones is 1. The van der Waals surface area contributed by atoms with Crippen molar-refractivity contribution >= 4 is 17.6 Å². The molecule has 0 radical (unpaired) electrons. The Balaban J connectivity index is 1.03. The third kappa shape index (κ3) is 10.9. The molecule has 3 saturated carbocycles. The molecule has 0 bridgehead atoms. The highest BCUT2D eigenvalue weighted by Gasteiger charge is 2.63. The minimum absolute atomic E-state index is 0.00652. The third-order valence-electron chi connectivity index (χ3n) is 16.1. The minimum Gasteiger partial charge on any atom is -0.356 e. The lowest BCUT2D eigenvalue weighted by molar-refractivity contribution is -0.852. The van der Waals surface area contributed by atoms with Crippen molar-refractivity contribution < 1.29 is 24.3 Å². The van der Waals surface area contributed by atoms with Crippen LogP contribution in [0.3, 0.4) is 0 Å². The Morgan fingerprint density at radius 2 is 1.60 bits per heavy atom. The normalized spacial score (nSPS) is 29.4. The number of allylic oxidation sites excluding steroid dienone is 5. The SMILES string of the molecule is C=C(C)C(C)CCCC(C(=C)C)C1CCC2C3CC=C4CC(O[N+](=O)NCCCCCCNC(=O)CCCCCN5CC(=O)CC5=O)CCC4(C(=C)C)C3CCC12C(=C)C. The molecule has 0 aromatic carbocycles. The number of rotatable bonds is 25. The quantitative estimate of drug-likeness (QED) is 0.0411. The average molecular weight is 830 g/mol. The van der Waals surface area contributed by atoms with Crippen molar-refractivity contribution in [2.24, 2.45) is 46.3 Å². The highest BCUT2D eigenvalue weighted by atomic mass is 16.8. The summed E-state index contributed by atoms with van der Waals surface area (Å²) in [6.07, 6.45) is 21.4. The van der Waals surface area contributed by atoms with Crippen LogP contribution >= 0.6 is 0 Å². The van der Waals surface area contributed by atoms with E-state index in [9.17, 15) is 19.3 Å². The highest BCUT2D eigenvalue weighted by Crippen LogP contribution is 2.70. The Hall–Kier alpha value is -3.49. The van der Waals surface area contributed by atoms with E-state index in [4.69, 9.17) is 11.4 Å². The number of carbonyl (C=O) groups is 3. The van der Waals surface area contributed by atoms with Gasteiger partial charge in [0, 0.05) is 31.3 Å². The van der Waals surface area contributed by atoms with E-state index in [2.05, 4.69) is 71.2 Å². The molecule has 334 valence electrons. The lowest BCUT2D eigenvalue weighted by Crippen LogP contribution is -2.53. The number of carbonyl (C=O) groups excluding carboxylic acids is 3. The number of nitrogens with zero attached hydrogens (tertiary/aromatic N) is 2. The third-order valence-corrected chi connectivity index (χ3v) is 16.1. The summed E-state index contributed by atoms with van der Waals surface area (Å²) in [5.74, 6) is 3.50. The van der Waals surface area contributed by atoms with Crippen LogP contribution in [0.15, 0.2) is 60.3 Å². The molecule has 2 amide bonds. The number of Topliss-reactive ketones (excluding diaryl/α,β-unsaturated/α-hetero) is 1. The molecule has 4 aliphatic carbocycles. The second kappa shape index (κ2) is 21.5. The smallest absolute Gasteiger partial charge is 0.356 e. The molecule has 0 aromatic heterocycles. The second-order valence-electron chi connectivity index (χ2n) is 20.0. The number of fused-ring (bicyclic) bond motifs is 5. The van der Waals surface area contributed by atoms with E-state index >= 15 is 0 Å². The zero-order valence-electron chi connectivity index (χ0n) is 38.4. The zero-order chi connectivity index (χ0) is 43.6. The van der Waals surface area contributed by atoms with Gasteiger partial charge >= 0.3 is 5.03 Å². The first kappa shape index (κ1) is 47.6. The van der Waals surface area contributed by atoms with Gasteiger partial charge in [0.15, 0.2) is 11.9 Å². The van der Waals surface area contributed by atoms with E-state index in [1.807, 2.05) is 0 Å².